The summed E-state index contributed by atoms with van der Waals surface area (Å²) in [4.78, 5) is 36.7. The van der Waals surface area contributed by atoms with Crippen LogP contribution >= 0.6 is 0 Å². The number of nitrogens with zero attached hydrogens (tertiary/aromatic N) is 1. The van der Waals surface area contributed by atoms with Crippen LogP contribution in [0.25, 0.3) is 0 Å². The highest BCUT2D eigenvalue weighted by molar-refractivity contribution is 6.32. The van der Waals surface area contributed by atoms with Crippen molar-refractivity contribution in [1.82, 2.24) is 5.32 Å². The molecule has 0 radical (unpaired) electrons. The summed E-state index contributed by atoms with van der Waals surface area (Å²) in [6.45, 7) is 2.65. The molecule has 8 nitrogen and oxygen atoms in total. The van der Waals surface area contributed by atoms with Gasteiger partial charge in [0, 0.05) is 37.2 Å². The minimum Gasteiger partial charge on any atom is -0.459 e. The Morgan fingerprint density at radius 3 is 2.92 bits per heavy atom. The summed E-state index contributed by atoms with van der Waals surface area (Å²) in [5, 5.41) is 2.51. The van der Waals surface area contributed by atoms with Crippen molar-refractivity contribution in [3.63, 3.8) is 0 Å². The molecule has 0 aliphatic carbocycles. The van der Waals surface area contributed by atoms with Gasteiger partial charge in [-0.3, -0.25) is 9.59 Å². The Balaban J connectivity index is 1.58. The fourth-order valence-corrected chi connectivity index (χ4v) is 2.73. The first-order chi connectivity index (χ1) is 11.6. The summed E-state index contributed by atoms with van der Waals surface area (Å²) >= 11 is 0. The molecular formula is C16H18N2O6. The van der Waals surface area contributed by atoms with E-state index in [0.717, 1.165) is 5.69 Å². The highest BCUT2D eigenvalue weighted by atomic mass is 16.7. The first kappa shape index (κ1) is 16.1. The first-order valence-corrected chi connectivity index (χ1v) is 7.73. The molecular weight excluding hydrogens is 316 g/mol. The maximum atomic E-state index is 12.2. The minimum atomic E-state index is -0.908. The zero-order valence-corrected chi connectivity index (χ0v) is 13.2. The van der Waals surface area contributed by atoms with E-state index in [-0.39, 0.29) is 31.8 Å². The van der Waals surface area contributed by atoms with Crippen molar-refractivity contribution in [2.45, 2.75) is 13.3 Å². The average molecular weight is 334 g/mol. The lowest BCUT2D eigenvalue weighted by atomic mass is 10.1. The van der Waals surface area contributed by atoms with Gasteiger partial charge in [0.05, 0.1) is 6.61 Å². The molecule has 24 heavy (non-hydrogen) atoms. The normalized spacial score (nSPS) is 18.6. The molecule has 1 N–H and O–H groups in total. The zero-order valence-electron chi connectivity index (χ0n) is 13.2. The number of rotatable bonds is 4. The summed E-state index contributed by atoms with van der Waals surface area (Å²) < 4.78 is 15.2. The number of benzene rings is 1. The van der Waals surface area contributed by atoms with Gasteiger partial charge in [0.25, 0.3) is 0 Å². The smallest absolute Gasteiger partial charge is 0.396 e. The number of carbonyl (C=O) groups is 3. The van der Waals surface area contributed by atoms with Gasteiger partial charge >= 0.3 is 11.9 Å². The Morgan fingerprint density at radius 1 is 1.33 bits per heavy atom. The molecule has 1 unspecified atom stereocenters. The second-order valence-electron chi connectivity index (χ2n) is 5.54. The molecule has 0 aromatic heterocycles. The van der Waals surface area contributed by atoms with E-state index < -0.39 is 11.9 Å². The Hall–Kier alpha value is -2.77. The van der Waals surface area contributed by atoms with Crippen LogP contribution in [0.5, 0.6) is 11.5 Å². The number of carbonyl (C=O) groups excluding carboxylic acids is 3. The molecule has 0 saturated carbocycles. The van der Waals surface area contributed by atoms with Gasteiger partial charge in [0.15, 0.2) is 11.5 Å². The summed E-state index contributed by atoms with van der Waals surface area (Å²) in [5.41, 5.74) is 0.725. The molecule has 8 heteroatoms. The monoisotopic (exact) mass is 334 g/mol. The first-order valence-electron chi connectivity index (χ1n) is 7.73. The predicted molar refractivity (Wildman–Crippen MR) is 82.7 cm³/mol. The number of ether oxygens (including phenoxy) is 3. The van der Waals surface area contributed by atoms with E-state index >= 15 is 0 Å². The SMILES string of the molecule is CCOC(=O)C(=O)NCC1CC(=O)N(c2ccc3c(c2)OCO3)C1. The quantitative estimate of drug-likeness (QED) is 0.634. The maximum absolute atomic E-state index is 12.2. The van der Waals surface area contributed by atoms with E-state index in [9.17, 15) is 14.4 Å². The van der Waals surface area contributed by atoms with Crippen molar-refractivity contribution in [3.05, 3.63) is 18.2 Å². The second-order valence-corrected chi connectivity index (χ2v) is 5.54. The van der Waals surface area contributed by atoms with Crippen molar-refractivity contribution >= 4 is 23.5 Å². The van der Waals surface area contributed by atoms with Gasteiger partial charge in [-0.2, -0.15) is 0 Å². The summed E-state index contributed by atoms with van der Waals surface area (Å²) in [7, 11) is 0. The van der Waals surface area contributed by atoms with Crippen LogP contribution in [-0.2, 0) is 19.1 Å². The summed E-state index contributed by atoms with van der Waals surface area (Å²) in [6.07, 6.45) is 0.303. The van der Waals surface area contributed by atoms with Crippen molar-refractivity contribution in [2.75, 3.05) is 31.4 Å². The van der Waals surface area contributed by atoms with Crippen molar-refractivity contribution < 1.29 is 28.6 Å². The van der Waals surface area contributed by atoms with Gasteiger partial charge in [0.1, 0.15) is 0 Å². The molecule has 2 heterocycles. The van der Waals surface area contributed by atoms with Gasteiger partial charge in [0.2, 0.25) is 12.7 Å². The number of amides is 2. The summed E-state index contributed by atoms with van der Waals surface area (Å²) in [6, 6.07) is 5.33. The van der Waals surface area contributed by atoms with Crippen LogP contribution < -0.4 is 19.7 Å². The molecule has 3 rings (SSSR count). The van der Waals surface area contributed by atoms with E-state index in [1.165, 1.54) is 0 Å². The Bertz CT molecular complexity index is 675. The van der Waals surface area contributed by atoms with E-state index in [0.29, 0.717) is 24.5 Å². The molecule has 2 amide bonds. The van der Waals surface area contributed by atoms with Crippen LogP contribution in [0.2, 0.25) is 0 Å². The molecule has 1 fully saturated rings. The maximum Gasteiger partial charge on any atom is 0.396 e. The van der Waals surface area contributed by atoms with Crippen LogP contribution in [0.15, 0.2) is 18.2 Å². The van der Waals surface area contributed by atoms with Crippen molar-refractivity contribution in [2.24, 2.45) is 5.92 Å². The highest BCUT2D eigenvalue weighted by Crippen LogP contribution is 2.37. The topological polar surface area (TPSA) is 94.2 Å². The van der Waals surface area contributed by atoms with E-state index in [1.54, 1.807) is 30.0 Å². The fourth-order valence-electron chi connectivity index (χ4n) is 2.73. The Morgan fingerprint density at radius 2 is 2.12 bits per heavy atom. The molecule has 1 aromatic carbocycles. The average Bonchev–Trinajstić information content (AvgIpc) is 3.18. The highest BCUT2D eigenvalue weighted by Gasteiger charge is 2.32. The predicted octanol–water partition coefficient (Wildman–Crippen LogP) is 0.448. The number of anilines is 1. The van der Waals surface area contributed by atoms with Crippen molar-refractivity contribution in [3.8, 4) is 11.5 Å². The number of fused-ring (bicyclic) bond motifs is 1. The molecule has 0 bridgehead atoms. The molecule has 1 aromatic rings. The van der Waals surface area contributed by atoms with Crippen LogP contribution in [0.4, 0.5) is 5.69 Å². The number of hydrogen-bond acceptors (Lipinski definition) is 6. The van der Waals surface area contributed by atoms with Gasteiger partial charge in [-0.05, 0) is 19.1 Å². The molecule has 1 saturated heterocycles. The third-order valence-corrected chi connectivity index (χ3v) is 3.89. The molecule has 2 aliphatic heterocycles. The van der Waals surface area contributed by atoms with E-state index in [4.69, 9.17) is 9.47 Å². The Kier molecular flexibility index (Phi) is 4.54. The van der Waals surface area contributed by atoms with Crippen LogP contribution in [0.3, 0.4) is 0 Å². The van der Waals surface area contributed by atoms with Gasteiger partial charge in [-0.15, -0.1) is 0 Å². The van der Waals surface area contributed by atoms with Crippen molar-refractivity contribution in [1.29, 1.82) is 0 Å². The standard InChI is InChI=1S/C16H18N2O6/c1-2-22-16(21)15(20)17-7-10-5-14(19)18(8-10)11-3-4-12-13(6-11)24-9-23-12/h3-4,6,10H,2,5,7-9H2,1H3,(H,17,20). The van der Waals surface area contributed by atoms with Gasteiger partial charge in [-0.25, -0.2) is 4.79 Å². The molecule has 0 spiro atoms. The lowest BCUT2D eigenvalue weighted by Gasteiger charge is -2.17. The van der Waals surface area contributed by atoms with E-state index in [2.05, 4.69) is 10.1 Å². The molecule has 128 valence electrons. The Labute approximate surface area is 138 Å². The number of nitrogens with one attached hydrogen (secondary N) is 1. The second kappa shape index (κ2) is 6.77. The fraction of sp³-hybridized carbons (Fsp3) is 0.438. The lowest BCUT2D eigenvalue weighted by molar-refractivity contribution is -0.154. The van der Waals surface area contributed by atoms with E-state index in [1.807, 2.05) is 0 Å². The van der Waals surface area contributed by atoms with Gasteiger partial charge < -0.3 is 24.4 Å². The zero-order chi connectivity index (χ0) is 17.1. The molecule has 2 aliphatic rings. The van der Waals surface area contributed by atoms with Crippen LogP contribution in [-0.4, -0.2) is 44.3 Å². The minimum absolute atomic E-state index is 0.0377. The lowest BCUT2D eigenvalue weighted by Crippen LogP contribution is -2.36. The molecule has 1 atom stereocenters. The third kappa shape index (κ3) is 3.27. The van der Waals surface area contributed by atoms with Crippen LogP contribution in [0, 0.1) is 5.92 Å². The summed E-state index contributed by atoms with van der Waals surface area (Å²) in [5.74, 6) is -0.533. The number of esters is 1. The largest absolute Gasteiger partial charge is 0.459 e. The third-order valence-electron chi connectivity index (χ3n) is 3.89. The number of hydrogen-bond donors (Lipinski definition) is 1. The van der Waals surface area contributed by atoms with Gasteiger partial charge in [-0.1, -0.05) is 0 Å². The van der Waals surface area contributed by atoms with Crippen LogP contribution in [0.1, 0.15) is 13.3 Å².